The Morgan fingerprint density at radius 3 is 2.44 bits per heavy atom. The first-order valence-corrected chi connectivity index (χ1v) is 11.8. The van der Waals surface area contributed by atoms with Gasteiger partial charge in [-0.1, -0.05) is 44.2 Å². The number of hydrogen-bond acceptors (Lipinski definition) is 4. The first kappa shape index (κ1) is 21.7. The highest BCUT2D eigenvalue weighted by Crippen LogP contribution is 2.20. The van der Waals surface area contributed by atoms with Crippen LogP contribution in [-0.2, 0) is 10.0 Å². The lowest BCUT2D eigenvalue weighted by atomic mass is 10.2. The van der Waals surface area contributed by atoms with Crippen molar-refractivity contribution in [2.45, 2.75) is 18.7 Å². The van der Waals surface area contributed by atoms with E-state index in [1.54, 1.807) is 30.5 Å². The summed E-state index contributed by atoms with van der Waals surface area (Å²) in [7, 11) is -3.57. The van der Waals surface area contributed by atoms with Crippen LogP contribution in [0.3, 0.4) is 0 Å². The summed E-state index contributed by atoms with van der Waals surface area (Å²) in [5.41, 5.74) is 3.45. The molecule has 164 valence electrons. The molecule has 4 rings (SSSR count). The average Bonchev–Trinajstić information content (AvgIpc) is 3.22. The Labute approximate surface area is 187 Å². The van der Waals surface area contributed by atoms with E-state index in [2.05, 4.69) is 15.0 Å². The number of amides is 1. The zero-order valence-corrected chi connectivity index (χ0v) is 18.6. The zero-order valence-electron chi connectivity index (χ0n) is 17.8. The standard InChI is InChI=1S/C24H24N4O3S/c1-17(2)15-25-32(30,31)21-10-8-20(9-11-21)26-24(29)19-12-13-28-16-22(27-23(28)14-19)18-6-4-3-5-7-18/h3-14,16-17,25H,15H2,1-2H3,(H,26,29). The molecule has 0 spiro atoms. The molecule has 2 aromatic heterocycles. The van der Waals surface area contributed by atoms with Crippen LogP contribution in [0.15, 0.2) is 84.0 Å². The molecular formula is C24H24N4O3S. The van der Waals surface area contributed by atoms with E-state index in [1.165, 1.54) is 12.1 Å². The third-order valence-corrected chi connectivity index (χ3v) is 6.34. The summed E-state index contributed by atoms with van der Waals surface area (Å²) in [5.74, 6) is -0.0928. The average molecular weight is 449 g/mol. The van der Waals surface area contributed by atoms with E-state index >= 15 is 0 Å². The summed E-state index contributed by atoms with van der Waals surface area (Å²) < 4.78 is 29.1. The molecule has 7 nitrogen and oxygen atoms in total. The minimum absolute atomic E-state index is 0.156. The van der Waals surface area contributed by atoms with Gasteiger partial charge in [0.05, 0.1) is 10.6 Å². The number of anilines is 1. The Morgan fingerprint density at radius 1 is 1.03 bits per heavy atom. The van der Waals surface area contributed by atoms with Gasteiger partial charge in [-0.15, -0.1) is 0 Å². The number of nitrogens with one attached hydrogen (secondary N) is 2. The fourth-order valence-corrected chi connectivity index (χ4v) is 4.37. The van der Waals surface area contributed by atoms with Crippen molar-refractivity contribution < 1.29 is 13.2 Å². The molecule has 0 bridgehead atoms. The number of fused-ring (bicyclic) bond motifs is 1. The highest BCUT2D eigenvalue weighted by molar-refractivity contribution is 7.89. The maximum Gasteiger partial charge on any atom is 0.255 e. The summed E-state index contributed by atoms with van der Waals surface area (Å²) >= 11 is 0. The van der Waals surface area contributed by atoms with E-state index in [0.29, 0.717) is 23.4 Å². The van der Waals surface area contributed by atoms with Gasteiger partial charge in [-0.3, -0.25) is 4.79 Å². The Hall–Kier alpha value is -3.49. The van der Waals surface area contributed by atoms with Crippen molar-refractivity contribution >= 4 is 27.3 Å². The molecule has 0 saturated carbocycles. The van der Waals surface area contributed by atoms with Gasteiger partial charge >= 0.3 is 0 Å². The van der Waals surface area contributed by atoms with Crippen molar-refractivity contribution in [3.8, 4) is 11.3 Å². The van der Waals surface area contributed by atoms with Gasteiger partial charge in [-0.05, 0) is 42.3 Å². The number of nitrogens with zero attached hydrogens (tertiary/aromatic N) is 2. The molecule has 2 heterocycles. The summed E-state index contributed by atoms with van der Waals surface area (Å²) in [5, 5.41) is 2.80. The molecule has 1 amide bonds. The second-order valence-corrected chi connectivity index (χ2v) is 9.66. The van der Waals surface area contributed by atoms with Crippen molar-refractivity contribution in [2.24, 2.45) is 5.92 Å². The van der Waals surface area contributed by atoms with E-state index in [-0.39, 0.29) is 16.7 Å². The molecule has 0 aliphatic heterocycles. The van der Waals surface area contributed by atoms with Gasteiger partial charge in [0.2, 0.25) is 10.0 Å². The van der Waals surface area contributed by atoms with Gasteiger partial charge in [0.1, 0.15) is 5.65 Å². The number of sulfonamides is 1. The largest absolute Gasteiger partial charge is 0.322 e. The predicted octanol–water partition coefficient (Wildman–Crippen LogP) is 4.19. The monoisotopic (exact) mass is 448 g/mol. The van der Waals surface area contributed by atoms with E-state index in [0.717, 1.165) is 11.3 Å². The smallest absolute Gasteiger partial charge is 0.255 e. The topological polar surface area (TPSA) is 92.6 Å². The van der Waals surface area contributed by atoms with Crippen LogP contribution in [0.5, 0.6) is 0 Å². The van der Waals surface area contributed by atoms with Crippen LogP contribution in [0.1, 0.15) is 24.2 Å². The van der Waals surface area contributed by atoms with Crippen molar-refractivity contribution in [2.75, 3.05) is 11.9 Å². The van der Waals surface area contributed by atoms with Crippen molar-refractivity contribution in [1.29, 1.82) is 0 Å². The van der Waals surface area contributed by atoms with Gasteiger partial charge < -0.3 is 9.72 Å². The summed E-state index contributed by atoms with van der Waals surface area (Å²) in [6.07, 6.45) is 3.71. The summed E-state index contributed by atoms with van der Waals surface area (Å²) in [6, 6.07) is 19.4. The highest BCUT2D eigenvalue weighted by atomic mass is 32.2. The second-order valence-electron chi connectivity index (χ2n) is 7.90. The van der Waals surface area contributed by atoms with Gasteiger partial charge in [0.25, 0.3) is 5.91 Å². The Morgan fingerprint density at radius 2 is 1.75 bits per heavy atom. The lowest BCUT2D eigenvalue weighted by Gasteiger charge is -2.10. The number of pyridine rings is 1. The first-order chi connectivity index (χ1) is 15.3. The molecule has 4 aromatic rings. The molecule has 0 unspecified atom stereocenters. The summed E-state index contributed by atoms with van der Waals surface area (Å²) in [6.45, 7) is 4.23. The normalized spacial score (nSPS) is 11.7. The lowest BCUT2D eigenvalue weighted by Crippen LogP contribution is -2.27. The first-order valence-electron chi connectivity index (χ1n) is 10.3. The van der Waals surface area contributed by atoms with E-state index in [4.69, 9.17) is 0 Å². The zero-order chi connectivity index (χ0) is 22.7. The number of imidazole rings is 1. The third kappa shape index (κ3) is 4.87. The van der Waals surface area contributed by atoms with Crippen LogP contribution in [0.4, 0.5) is 5.69 Å². The fraction of sp³-hybridized carbons (Fsp3) is 0.167. The molecule has 0 aliphatic rings. The second kappa shape index (κ2) is 8.94. The van der Waals surface area contributed by atoms with Gasteiger partial charge in [0, 0.05) is 35.8 Å². The fourth-order valence-electron chi connectivity index (χ4n) is 3.15. The van der Waals surface area contributed by atoms with Gasteiger partial charge in [-0.2, -0.15) is 0 Å². The van der Waals surface area contributed by atoms with Crippen molar-refractivity contribution in [1.82, 2.24) is 14.1 Å². The molecule has 0 aliphatic carbocycles. The van der Waals surface area contributed by atoms with Crippen molar-refractivity contribution in [3.63, 3.8) is 0 Å². The summed E-state index contributed by atoms with van der Waals surface area (Å²) in [4.78, 5) is 17.5. The van der Waals surface area contributed by atoms with Gasteiger partial charge in [0.15, 0.2) is 0 Å². The van der Waals surface area contributed by atoms with E-state index in [9.17, 15) is 13.2 Å². The minimum atomic E-state index is -3.57. The van der Waals surface area contributed by atoms with Crippen LogP contribution in [0.25, 0.3) is 16.9 Å². The van der Waals surface area contributed by atoms with E-state index < -0.39 is 10.0 Å². The quantitative estimate of drug-likeness (QED) is 0.443. The van der Waals surface area contributed by atoms with Gasteiger partial charge in [-0.25, -0.2) is 18.1 Å². The Kier molecular flexibility index (Phi) is 6.07. The molecule has 2 aromatic carbocycles. The van der Waals surface area contributed by atoms with E-state index in [1.807, 2.05) is 54.8 Å². The molecule has 32 heavy (non-hydrogen) atoms. The maximum absolute atomic E-state index is 12.7. The minimum Gasteiger partial charge on any atom is -0.322 e. The predicted molar refractivity (Wildman–Crippen MR) is 125 cm³/mol. The van der Waals surface area contributed by atoms with Crippen LogP contribution in [-0.4, -0.2) is 30.3 Å². The number of aromatic nitrogens is 2. The number of carbonyl (C=O) groups excluding carboxylic acids is 1. The molecule has 0 fully saturated rings. The highest BCUT2D eigenvalue weighted by Gasteiger charge is 2.15. The molecular weight excluding hydrogens is 424 g/mol. The number of hydrogen-bond donors (Lipinski definition) is 2. The Bertz CT molecular complexity index is 1350. The lowest BCUT2D eigenvalue weighted by molar-refractivity contribution is 0.102. The molecule has 8 heteroatoms. The SMILES string of the molecule is CC(C)CNS(=O)(=O)c1ccc(NC(=O)c2ccn3cc(-c4ccccc4)nc3c2)cc1. The third-order valence-electron chi connectivity index (χ3n) is 4.90. The van der Waals surface area contributed by atoms with Crippen LogP contribution in [0, 0.1) is 5.92 Å². The molecule has 0 atom stereocenters. The molecule has 2 N–H and O–H groups in total. The van der Waals surface area contributed by atoms with Crippen LogP contribution in [0.2, 0.25) is 0 Å². The van der Waals surface area contributed by atoms with Crippen molar-refractivity contribution in [3.05, 3.63) is 84.7 Å². The number of rotatable bonds is 7. The number of carbonyl (C=O) groups is 1. The molecule has 0 radical (unpaired) electrons. The van der Waals surface area contributed by atoms with Crippen LogP contribution < -0.4 is 10.0 Å². The number of benzene rings is 2. The van der Waals surface area contributed by atoms with Crippen LogP contribution >= 0.6 is 0 Å². The maximum atomic E-state index is 12.7. The Balaban J connectivity index is 1.49. The molecule has 0 saturated heterocycles.